The van der Waals surface area contributed by atoms with Crippen molar-refractivity contribution in [2.45, 2.75) is 20.8 Å². The summed E-state index contributed by atoms with van der Waals surface area (Å²) in [5.41, 5.74) is 8.81. The Balaban J connectivity index is 2.42. The standard InChI is InChI=1S/C12H15N3O3/c1-4-17-12(16)18-9-5-10(13)11-14-7(2)8(3)15(11)6-9/h5-6H,4,13H2,1-3H3. The molecule has 0 aliphatic heterocycles. The highest BCUT2D eigenvalue weighted by atomic mass is 16.7. The number of nitrogen functional groups attached to an aromatic ring is 1. The Kier molecular flexibility index (Phi) is 3.10. The van der Waals surface area contributed by atoms with Gasteiger partial charge in [-0.2, -0.15) is 0 Å². The number of nitrogens with two attached hydrogens (primary N) is 1. The molecule has 2 aromatic heterocycles. The van der Waals surface area contributed by atoms with Gasteiger partial charge in [-0.1, -0.05) is 0 Å². The molecular formula is C12H15N3O3. The summed E-state index contributed by atoms with van der Waals surface area (Å²) < 4.78 is 11.5. The highest BCUT2D eigenvalue weighted by Gasteiger charge is 2.12. The molecule has 2 aromatic rings. The molecule has 0 fully saturated rings. The van der Waals surface area contributed by atoms with Crippen LogP contribution in [-0.2, 0) is 4.74 Å². The first-order valence-corrected chi connectivity index (χ1v) is 5.62. The van der Waals surface area contributed by atoms with Crippen LogP contribution in [0.15, 0.2) is 12.3 Å². The van der Waals surface area contributed by atoms with Crippen molar-refractivity contribution < 1.29 is 14.3 Å². The third-order valence-corrected chi connectivity index (χ3v) is 2.66. The van der Waals surface area contributed by atoms with Crippen LogP contribution in [0.4, 0.5) is 10.5 Å². The van der Waals surface area contributed by atoms with Crippen LogP contribution >= 0.6 is 0 Å². The molecule has 0 saturated carbocycles. The molecule has 0 aromatic carbocycles. The predicted octanol–water partition coefficient (Wildman–Crippen LogP) is 2.07. The lowest BCUT2D eigenvalue weighted by atomic mass is 10.3. The minimum atomic E-state index is -0.745. The van der Waals surface area contributed by atoms with Gasteiger partial charge in [0.25, 0.3) is 0 Å². The zero-order valence-corrected chi connectivity index (χ0v) is 10.6. The Hall–Kier alpha value is -2.24. The van der Waals surface area contributed by atoms with Gasteiger partial charge in [0, 0.05) is 11.8 Å². The number of nitrogens with zero attached hydrogens (tertiary/aromatic N) is 2. The van der Waals surface area contributed by atoms with Crippen LogP contribution < -0.4 is 10.5 Å². The maximum atomic E-state index is 11.2. The predicted molar refractivity (Wildman–Crippen MR) is 66.7 cm³/mol. The van der Waals surface area contributed by atoms with Crippen molar-refractivity contribution in [1.29, 1.82) is 0 Å². The lowest BCUT2D eigenvalue weighted by Gasteiger charge is -2.06. The third-order valence-electron chi connectivity index (χ3n) is 2.66. The molecule has 2 rings (SSSR count). The number of hydrogen-bond acceptors (Lipinski definition) is 5. The first-order valence-electron chi connectivity index (χ1n) is 5.62. The van der Waals surface area contributed by atoms with E-state index in [-0.39, 0.29) is 6.61 Å². The zero-order valence-electron chi connectivity index (χ0n) is 10.6. The molecule has 0 amide bonds. The van der Waals surface area contributed by atoms with E-state index < -0.39 is 6.16 Å². The molecule has 0 bridgehead atoms. The second-order valence-corrected chi connectivity index (χ2v) is 3.89. The van der Waals surface area contributed by atoms with Crippen LogP contribution in [0.5, 0.6) is 5.75 Å². The van der Waals surface area contributed by atoms with Crippen molar-refractivity contribution in [3.63, 3.8) is 0 Å². The number of pyridine rings is 1. The highest BCUT2D eigenvalue weighted by molar-refractivity contribution is 5.70. The summed E-state index contributed by atoms with van der Waals surface area (Å²) in [5, 5.41) is 0. The number of carbonyl (C=O) groups excluding carboxylic acids is 1. The van der Waals surface area contributed by atoms with Gasteiger partial charge in [0.05, 0.1) is 24.2 Å². The fourth-order valence-corrected chi connectivity index (χ4v) is 1.67. The van der Waals surface area contributed by atoms with Crippen molar-refractivity contribution in [2.75, 3.05) is 12.3 Å². The van der Waals surface area contributed by atoms with Crippen molar-refractivity contribution >= 4 is 17.5 Å². The van der Waals surface area contributed by atoms with E-state index in [0.29, 0.717) is 17.1 Å². The van der Waals surface area contributed by atoms with Crippen molar-refractivity contribution in [1.82, 2.24) is 9.38 Å². The molecule has 0 aliphatic carbocycles. The number of aryl methyl sites for hydroxylation is 2. The molecule has 2 heterocycles. The fraction of sp³-hybridized carbons (Fsp3) is 0.333. The van der Waals surface area contributed by atoms with Crippen LogP contribution in [0, 0.1) is 13.8 Å². The van der Waals surface area contributed by atoms with Crippen LogP contribution in [0.3, 0.4) is 0 Å². The number of ether oxygens (including phenoxy) is 2. The van der Waals surface area contributed by atoms with Gasteiger partial charge in [-0.05, 0) is 20.8 Å². The van der Waals surface area contributed by atoms with E-state index in [1.54, 1.807) is 23.6 Å². The van der Waals surface area contributed by atoms with Gasteiger partial charge in [0.15, 0.2) is 11.4 Å². The number of aromatic nitrogens is 2. The Morgan fingerprint density at radius 2 is 2.22 bits per heavy atom. The highest BCUT2D eigenvalue weighted by Crippen LogP contribution is 2.23. The second-order valence-electron chi connectivity index (χ2n) is 3.89. The number of carbonyl (C=O) groups is 1. The second kappa shape index (κ2) is 4.56. The maximum absolute atomic E-state index is 11.2. The largest absolute Gasteiger partial charge is 0.513 e. The van der Waals surface area contributed by atoms with E-state index >= 15 is 0 Å². The van der Waals surface area contributed by atoms with Crippen molar-refractivity contribution in [3.05, 3.63) is 23.7 Å². The van der Waals surface area contributed by atoms with E-state index in [9.17, 15) is 4.79 Å². The van der Waals surface area contributed by atoms with E-state index in [1.165, 1.54) is 0 Å². The van der Waals surface area contributed by atoms with Gasteiger partial charge >= 0.3 is 6.16 Å². The molecule has 6 heteroatoms. The van der Waals surface area contributed by atoms with Gasteiger partial charge in [0.1, 0.15) is 0 Å². The molecule has 96 valence electrons. The Morgan fingerprint density at radius 3 is 2.89 bits per heavy atom. The number of imidazole rings is 1. The lowest BCUT2D eigenvalue weighted by molar-refractivity contribution is 0.104. The first-order chi connectivity index (χ1) is 8.52. The summed E-state index contributed by atoms with van der Waals surface area (Å²) in [7, 11) is 0. The Morgan fingerprint density at radius 1 is 1.50 bits per heavy atom. The summed E-state index contributed by atoms with van der Waals surface area (Å²) in [4.78, 5) is 15.6. The monoisotopic (exact) mass is 249 g/mol. The third kappa shape index (κ3) is 2.09. The van der Waals surface area contributed by atoms with Crippen LogP contribution in [0.2, 0.25) is 0 Å². The summed E-state index contributed by atoms with van der Waals surface area (Å²) in [6.45, 7) is 5.79. The normalized spacial score (nSPS) is 10.6. The number of hydrogen-bond donors (Lipinski definition) is 1. The number of fused-ring (bicyclic) bond motifs is 1. The van der Waals surface area contributed by atoms with Crippen LogP contribution in [0.25, 0.3) is 5.65 Å². The molecule has 6 nitrogen and oxygen atoms in total. The molecule has 0 aliphatic rings. The van der Waals surface area contributed by atoms with Crippen LogP contribution in [-0.4, -0.2) is 22.1 Å². The fourth-order valence-electron chi connectivity index (χ4n) is 1.67. The summed E-state index contributed by atoms with van der Waals surface area (Å²) in [6, 6.07) is 1.55. The molecule has 2 N–H and O–H groups in total. The topological polar surface area (TPSA) is 78.8 Å². The smallest absolute Gasteiger partial charge is 0.434 e. The number of rotatable bonds is 2. The molecule has 0 radical (unpaired) electrons. The van der Waals surface area contributed by atoms with E-state index in [0.717, 1.165) is 11.4 Å². The van der Waals surface area contributed by atoms with Gasteiger partial charge in [-0.25, -0.2) is 9.78 Å². The quantitative estimate of drug-likeness (QED) is 0.824. The number of anilines is 1. The summed E-state index contributed by atoms with van der Waals surface area (Å²) >= 11 is 0. The molecule has 0 atom stereocenters. The first kappa shape index (κ1) is 12.2. The summed E-state index contributed by atoms with van der Waals surface area (Å²) in [5.74, 6) is 0.332. The average Bonchev–Trinajstić information content (AvgIpc) is 2.57. The average molecular weight is 249 g/mol. The lowest BCUT2D eigenvalue weighted by Crippen LogP contribution is -2.11. The molecular weight excluding hydrogens is 234 g/mol. The molecule has 0 saturated heterocycles. The van der Waals surface area contributed by atoms with Gasteiger partial charge in [0.2, 0.25) is 0 Å². The van der Waals surface area contributed by atoms with Gasteiger partial charge in [-0.15, -0.1) is 0 Å². The van der Waals surface area contributed by atoms with Crippen LogP contribution in [0.1, 0.15) is 18.3 Å². The zero-order chi connectivity index (χ0) is 13.3. The maximum Gasteiger partial charge on any atom is 0.513 e. The van der Waals surface area contributed by atoms with Gasteiger partial charge in [-0.3, -0.25) is 4.40 Å². The Labute approximate surface area is 104 Å². The van der Waals surface area contributed by atoms with Crippen molar-refractivity contribution in [2.24, 2.45) is 0 Å². The van der Waals surface area contributed by atoms with E-state index in [2.05, 4.69) is 4.98 Å². The van der Waals surface area contributed by atoms with E-state index in [1.807, 2.05) is 13.8 Å². The summed E-state index contributed by atoms with van der Waals surface area (Å²) in [6.07, 6.45) is 0.920. The SMILES string of the molecule is CCOC(=O)Oc1cc(N)c2nc(C)c(C)n2c1. The molecule has 0 unspecified atom stereocenters. The molecule has 0 spiro atoms. The van der Waals surface area contributed by atoms with E-state index in [4.69, 9.17) is 15.2 Å². The minimum Gasteiger partial charge on any atom is -0.434 e. The minimum absolute atomic E-state index is 0.264. The van der Waals surface area contributed by atoms with Crippen molar-refractivity contribution in [3.8, 4) is 5.75 Å². The molecule has 18 heavy (non-hydrogen) atoms. The Bertz CT molecular complexity index is 604. The van der Waals surface area contributed by atoms with Gasteiger partial charge < -0.3 is 15.2 Å².